The van der Waals surface area contributed by atoms with E-state index in [9.17, 15) is 10.1 Å². The van der Waals surface area contributed by atoms with E-state index in [2.05, 4.69) is 29.0 Å². The summed E-state index contributed by atoms with van der Waals surface area (Å²) in [6, 6.07) is 2.10. The van der Waals surface area contributed by atoms with Crippen molar-refractivity contribution in [3.05, 3.63) is 27.9 Å². The van der Waals surface area contributed by atoms with Crippen LogP contribution in [-0.2, 0) is 0 Å². The Labute approximate surface area is 125 Å². The van der Waals surface area contributed by atoms with Crippen molar-refractivity contribution in [3.63, 3.8) is 0 Å². The Bertz CT molecular complexity index is 504. The maximum Gasteiger partial charge on any atom is 0.287 e. The van der Waals surface area contributed by atoms with E-state index in [1.807, 2.05) is 6.92 Å². The first-order chi connectivity index (χ1) is 9.97. The molecule has 0 unspecified atom stereocenters. The van der Waals surface area contributed by atoms with Gasteiger partial charge in [0.25, 0.3) is 5.69 Å². The monoisotopic (exact) mass is 292 g/mol. The Balaban J connectivity index is 1.95. The largest absolute Gasteiger partial charge is 0.368 e. The van der Waals surface area contributed by atoms with Crippen molar-refractivity contribution in [3.8, 4) is 0 Å². The van der Waals surface area contributed by atoms with Crippen molar-refractivity contribution in [1.82, 2.24) is 9.88 Å². The van der Waals surface area contributed by atoms with Crippen LogP contribution in [0.15, 0.2) is 12.3 Å². The number of hydrogen-bond acceptors (Lipinski definition) is 5. The van der Waals surface area contributed by atoms with Crippen LogP contribution >= 0.6 is 0 Å². The van der Waals surface area contributed by atoms with Gasteiger partial charge in [-0.3, -0.25) is 15.0 Å². The Morgan fingerprint density at radius 1 is 1.57 bits per heavy atom. The van der Waals surface area contributed by atoms with Crippen LogP contribution in [0.5, 0.6) is 0 Å². The molecule has 1 saturated heterocycles. The van der Waals surface area contributed by atoms with Crippen molar-refractivity contribution in [2.24, 2.45) is 5.92 Å². The van der Waals surface area contributed by atoms with Crippen molar-refractivity contribution in [2.75, 3.05) is 25.0 Å². The van der Waals surface area contributed by atoms with Gasteiger partial charge in [-0.25, -0.2) is 4.98 Å². The standard InChI is InChI=1S/C15H24N4O2/c1-11(2)10-18-6-4-5-13(18)8-16-15-12(3)7-14(9-17-15)19(20)21/h7,9,11,13H,4-6,8,10H2,1-3H3,(H,16,17)/t13-/m0/s1. The summed E-state index contributed by atoms with van der Waals surface area (Å²) in [6.45, 7) is 9.47. The molecule has 1 aliphatic rings. The molecule has 0 bridgehead atoms. The maximum atomic E-state index is 10.7. The molecule has 0 aromatic carbocycles. The Morgan fingerprint density at radius 2 is 2.33 bits per heavy atom. The Kier molecular flexibility index (Phi) is 5.12. The second kappa shape index (κ2) is 6.85. The molecular formula is C15H24N4O2. The van der Waals surface area contributed by atoms with Gasteiger partial charge in [0.05, 0.1) is 4.92 Å². The lowest BCUT2D eigenvalue weighted by Gasteiger charge is -2.26. The summed E-state index contributed by atoms with van der Waals surface area (Å²) in [5, 5.41) is 14.1. The van der Waals surface area contributed by atoms with E-state index in [1.165, 1.54) is 19.0 Å². The molecular weight excluding hydrogens is 268 g/mol. The van der Waals surface area contributed by atoms with Gasteiger partial charge in [0.2, 0.25) is 0 Å². The van der Waals surface area contributed by atoms with Crippen LogP contribution in [0, 0.1) is 23.0 Å². The lowest BCUT2D eigenvalue weighted by Crippen LogP contribution is -2.37. The molecule has 1 N–H and O–H groups in total. The van der Waals surface area contributed by atoms with Crippen molar-refractivity contribution in [2.45, 2.75) is 39.7 Å². The minimum absolute atomic E-state index is 0.0420. The molecule has 2 heterocycles. The van der Waals surface area contributed by atoms with Gasteiger partial charge in [-0.2, -0.15) is 0 Å². The summed E-state index contributed by atoms with van der Waals surface area (Å²) >= 11 is 0. The molecule has 0 saturated carbocycles. The zero-order valence-electron chi connectivity index (χ0n) is 13.0. The van der Waals surface area contributed by atoms with Crippen LogP contribution in [0.1, 0.15) is 32.3 Å². The van der Waals surface area contributed by atoms with Crippen LogP contribution in [-0.4, -0.2) is 40.5 Å². The molecule has 1 atom stereocenters. The normalized spacial score (nSPS) is 19.1. The maximum absolute atomic E-state index is 10.7. The number of hydrogen-bond donors (Lipinski definition) is 1. The third-order valence-electron chi connectivity index (χ3n) is 3.88. The van der Waals surface area contributed by atoms with Crippen LogP contribution in [0.2, 0.25) is 0 Å². The molecule has 2 rings (SSSR count). The molecule has 1 aromatic heterocycles. The van der Waals surface area contributed by atoms with Gasteiger partial charge in [0.1, 0.15) is 12.0 Å². The van der Waals surface area contributed by atoms with Crippen LogP contribution in [0.25, 0.3) is 0 Å². The highest BCUT2D eigenvalue weighted by Gasteiger charge is 2.24. The fourth-order valence-corrected chi connectivity index (χ4v) is 2.90. The summed E-state index contributed by atoms with van der Waals surface area (Å²) in [5.41, 5.74) is 0.859. The second-order valence-corrected chi connectivity index (χ2v) is 6.18. The van der Waals surface area contributed by atoms with Crippen LogP contribution < -0.4 is 5.32 Å². The van der Waals surface area contributed by atoms with Crippen molar-refractivity contribution < 1.29 is 4.92 Å². The third-order valence-corrected chi connectivity index (χ3v) is 3.88. The topological polar surface area (TPSA) is 71.3 Å². The van der Waals surface area contributed by atoms with Crippen LogP contribution in [0.4, 0.5) is 11.5 Å². The van der Waals surface area contributed by atoms with Gasteiger partial charge in [0.15, 0.2) is 0 Å². The van der Waals surface area contributed by atoms with Crippen molar-refractivity contribution >= 4 is 11.5 Å². The van der Waals surface area contributed by atoms with Gasteiger partial charge in [-0.05, 0) is 37.8 Å². The number of aryl methyl sites for hydroxylation is 1. The minimum atomic E-state index is -0.412. The Hall–Kier alpha value is -1.69. The summed E-state index contributed by atoms with van der Waals surface area (Å²) in [4.78, 5) is 17.0. The summed E-state index contributed by atoms with van der Waals surface area (Å²) < 4.78 is 0. The number of likely N-dealkylation sites (tertiary alicyclic amines) is 1. The predicted octanol–water partition coefficient (Wildman–Crippen LogP) is 2.83. The minimum Gasteiger partial charge on any atom is -0.368 e. The number of nitrogens with zero attached hydrogens (tertiary/aromatic N) is 3. The number of nitrogens with one attached hydrogen (secondary N) is 1. The number of anilines is 1. The summed E-state index contributed by atoms with van der Waals surface area (Å²) in [5.74, 6) is 1.42. The average Bonchev–Trinajstić information content (AvgIpc) is 2.83. The van der Waals surface area contributed by atoms with Gasteiger partial charge in [0, 0.05) is 25.2 Å². The highest BCUT2D eigenvalue weighted by molar-refractivity contribution is 5.48. The number of pyridine rings is 1. The van der Waals surface area contributed by atoms with Gasteiger partial charge >= 0.3 is 0 Å². The van der Waals surface area contributed by atoms with E-state index in [1.54, 1.807) is 6.07 Å². The molecule has 0 radical (unpaired) electrons. The molecule has 1 aliphatic heterocycles. The first-order valence-corrected chi connectivity index (χ1v) is 7.56. The molecule has 116 valence electrons. The van der Waals surface area contributed by atoms with E-state index in [-0.39, 0.29) is 5.69 Å². The first kappa shape index (κ1) is 15.7. The smallest absolute Gasteiger partial charge is 0.287 e. The third kappa shape index (κ3) is 4.14. The van der Waals surface area contributed by atoms with Crippen molar-refractivity contribution in [1.29, 1.82) is 0 Å². The molecule has 1 fully saturated rings. The summed E-state index contributed by atoms with van der Waals surface area (Å²) in [6.07, 6.45) is 3.76. The van der Waals surface area contributed by atoms with E-state index < -0.39 is 4.92 Å². The molecule has 0 spiro atoms. The lowest BCUT2D eigenvalue weighted by atomic mass is 10.1. The Morgan fingerprint density at radius 3 is 2.95 bits per heavy atom. The quantitative estimate of drug-likeness (QED) is 0.645. The zero-order valence-corrected chi connectivity index (χ0v) is 13.0. The lowest BCUT2D eigenvalue weighted by molar-refractivity contribution is -0.385. The fourth-order valence-electron chi connectivity index (χ4n) is 2.90. The summed E-state index contributed by atoms with van der Waals surface area (Å²) in [7, 11) is 0. The number of rotatable bonds is 6. The average molecular weight is 292 g/mol. The second-order valence-electron chi connectivity index (χ2n) is 6.18. The molecule has 0 amide bonds. The van der Waals surface area contributed by atoms with Gasteiger partial charge in [-0.15, -0.1) is 0 Å². The molecule has 1 aromatic rings. The number of aromatic nitrogens is 1. The van der Waals surface area contributed by atoms with Gasteiger partial charge < -0.3 is 5.32 Å². The molecule has 21 heavy (non-hydrogen) atoms. The predicted molar refractivity (Wildman–Crippen MR) is 83.6 cm³/mol. The van der Waals surface area contributed by atoms with E-state index >= 15 is 0 Å². The van der Waals surface area contributed by atoms with E-state index in [0.717, 1.165) is 31.0 Å². The highest BCUT2D eigenvalue weighted by atomic mass is 16.6. The zero-order chi connectivity index (χ0) is 15.4. The fraction of sp³-hybridized carbons (Fsp3) is 0.667. The molecule has 6 heteroatoms. The number of nitro groups is 1. The van der Waals surface area contributed by atoms with E-state index in [4.69, 9.17) is 0 Å². The SMILES string of the molecule is Cc1cc([N+](=O)[O-])cnc1NC[C@@H]1CCCN1CC(C)C. The molecule has 6 nitrogen and oxygen atoms in total. The van der Waals surface area contributed by atoms with Crippen LogP contribution in [0.3, 0.4) is 0 Å². The first-order valence-electron chi connectivity index (χ1n) is 7.56. The van der Waals surface area contributed by atoms with Gasteiger partial charge in [-0.1, -0.05) is 13.8 Å². The molecule has 0 aliphatic carbocycles. The van der Waals surface area contributed by atoms with E-state index in [0.29, 0.717) is 12.0 Å². The highest BCUT2D eigenvalue weighted by Crippen LogP contribution is 2.21.